The monoisotopic (exact) mass is 362 g/mol. The molecule has 0 spiro atoms. The van der Waals surface area contributed by atoms with Crippen molar-refractivity contribution in [1.82, 2.24) is 0 Å². The number of aliphatic hydroxyl groups excluding tert-OH is 2. The van der Waals surface area contributed by atoms with Gasteiger partial charge < -0.3 is 24.5 Å². The van der Waals surface area contributed by atoms with Crippen molar-refractivity contribution in [1.29, 1.82) is 0 Å². The van der Waals surface area contributed by atoms with Crippen molar-refractivity contribution < 1.29 is 24.5 Å². The van der Waals surface area contributed by atoms with E-state index in [-0.39, 0.29) is 18.5 Å². The Morgan fingerprint density at radius 3 is 1.68 bits per heavy atom. The number of carbonyl (C=O) groups is 1. The third kappa shape index (κ3) is 18.1. The van der Waals surface area contributed by atoms with E-state index in [1.807, 2.05) is 0 Å². The van der Waals surface area contributed by atoms with E-state index in [1.54, 1.807) is 13.8 Å². The van der Waals surface area contributed by atoms with Crippen LogP contribution in [0.1, 0.15) is 92.9 Å². The quantitative estimate of drug-likeness (QED) is 0.474. The van der Waals surface area contributed by atoms with Gasteiger partial charge in [0, 0.05) is 6.42 Å². The van der Waals surface area contributed by atoms with Crippen LogP contribution in [0, 0.1) is 0 Å². The van der Waals surface area contributed by atoms with Gasteiger partial charge in [-0.1, -0.05) is 39.5 Å². The van der Waals surface area contributed by atoms with Crippen molar-refractivity contribution >= 4 is 6.29 Å². The number of aliphatic hydroxyl groups is 2. The number of ether oxygens (including phenoxy) is 2. The van der Waals surface area contributed by atoms with E-state index in [2.05, 4.69) is 27.7 Å². The molecule has 0 radical (unpaired) electrons. The molecule has 0 bridgehead atoms. The maximum absolute atomic E-state index is 9.68. The predicted molar refractivity (Wildman–Crippen MR) is 103 cm³/mol. The number of unbranched alkanes of at least 4 members (excludes halogenated alkanes) is 5. The van der Waals surface area contributed by atoms with Gasteiger partial charge in [0.2, 0.25) is 0 Å². The van der Waals surface area contributed by atoms with Crippen molar-refractivity contribution in [2.24, 2.45) is 0 Å². The number of hydrogen-bond donors (Lipinski definition) is 2. The van der Waals surface area contributed by atoms with Gasteiger partial charge in [-0.2, -0.15) is 0 Å². The molecule has 4 unspecified atom stereocenters. The molecule has 0 aromatic heterocycles. The number of carbonyl (C=O) groups excluding carboxylic acids is 1. The largest absolute Gasteiger partial charge is 0.391 e. The summed E-state index contributed by atoms with van der Waals surface area (Å²) in [5.74, 6) is 0. The van der Waals surface area contributed by atoms with Gasteiger partial charge in [0.1, 0.15) is 6.29 Å². The number of hydrogen-bond acceptors (Lipinski definition) is 5. The Morgan fingerprint density at radius 2 is 1.32 bits per heavy atom. The van der Waals surface area contributed by atoms with E-state index in [0.29, 0.717) is 0 Å². The van der Waals surface area contributed by atoms with Gasteiger partial charge in [0.25, 0.3) is 0 Å². The molecular formula is C20H42O5. The topological polar surface area (TPSA) is 76.0 Å². The Kier molecular flexibility index (Phi) is 19.6. The Morgan fingerprint density at radius 1 is 0.880 bits per heavy atom. The Bertz CT molecular complexity index is 265. The van der Waals surface area contributed by atoms with Gasteiger partial charge in [-0.25, -0.2) is 0 Å². The lowest BCUT2D eigenvalue weighted by molar-refractivity contribution is -0.107. The summed E-state index contributed by atoms with van der Waals surface area (Å²) in [6.07, 6.45) is 9.45. The van der Waals surface area contributed by atoms with Crippen LogP contribution in [0.15, 0.2) is 0 Å². The molecule has 1 aliphatic rings. The van der Waals surface area contributed by atoms with Gasteiger partial charge in [0.15, 0.2) is 6.29 Å². The van der Waals surface area contributed by atoms with Crippen LogP contribution in [-0.4, -0.2) is 47.2 Å². The smallest absolute Gasteiger partial charge is 0.158 e. The van der Waals surface area contributed by atoms with Gasteiger partial charge in [-0.3, -0.25) is 0 Å². The summed E-state index contributed by atoms with van der Waals surface area (Å²) in [5.41, 5.74) is 0. The first-order valence-corrected chi connectivity index (χ1v) is 9.90. The van der Waals surface area contributed by atoms with E-state index in [0.717, 1.165) is 25.5 Å². The van der Waals surface area contributed by atoms with Crippen molar-refractivity contribution in [2.75, 3.05) is 0 Å². The molecule has 1 rings (SSSR count). The summed E-state index contributed by atoms with van der Waals surface area (Å²) in [4.78, 5) is 9.68. The minimum atomic E-state index is -0.593. The van der Waals surface area contributed by atoms with Crippen LogP contribution >= 0.6 is 0 Å². The first-order valence-electron chi connectivity index (χ1n) is 9.90. The van der Waals surface area contributed by atoms with Crippen molar-refractivity contribution in [3.8, 4) is 0 Å². The third-order valence-corrected chi connectivity index (χ3v) is 4.06. The summed E-state index contributed by atoms with van der Waals surface area (Å²) < 4.78 is 11.2. The summed E-state index contributed by atoms with van der Waals surface area (Å²) >= 11 is 0. The Hall–Kier alpha value is -0.490. The zero-order valence-corrected chi connectivity index (χ0v) is 17.2. The number of rotatable bonds is 9. The summed E-state index contributed by atoms with van der Waals surface area (Å²) in [6, 6.07) is 0. The first kappa shape index (κ1) is 26.7. The van der Waals surface area contributed by atoms with Crippen LogP contribution in [0.25, 0.3) is 0 Å². The second kappa shape index (κ2) is 18.3. The molecule has 5 heteroatoms. The first-order chi connectivity index (χ1) is 11.8. The highest BCUT2D eigenvalue weighted by Crippen LogP contribution is 2.22. The minimum absolute atomic E-state index is 0.0709. The zero-order valence-electron chi connectivity index (χ0n) is 17.2. The molecule has 0 aromatic carbocycles. The molecule has 1 saturated heterocycles. The lowest BCUT2D eigenvalue weighted by Crippen LogP contribution is -2.17. The SMILES string of the molecule is CC(O)C(C)O.CCCCCC1OC(C)C(C)O1.CCCCCC=O. The normalized spacial score (nSPS) is 24.4. The standard InChI is InChI=1S/C10H20O2.C6H12O.C4H10O2/c1-4-5-6-7-10-11-8(2)9(3)12-10;1-2-3-4-5-6-7;1-3(5)4(2)6/h8-10H,4-7H2,1-3H3;6H,2-5H2,1H3;3-6H,1-2H3. The van der Waals surface area contributed by atoms with E-state index in [4.69, 9.17) is 19.7 Å². The molecule has 1 aliphatic heterocycles. The van der Waals surface area contributed by atoms with Crippen molar-refractivity contribution in [3.05, 3.63) is 0 Å². The van der Waals surface area contributed by atoms with Crippen molar-refractivity contribution in [2.45, 2.75) is 124 Å². The fourth-order valence-corrected chi connectivity index (χ4v) is 1.91. The molecule has 0 saturated carbocycles. The van der Waals surface area contributed by atoms with Crippen LogP contribution in [0.4, 0.5) is 0 Å². The van der Waals surface area contributed by atoms with Gasteiger partial charge in [-0.15, -0.1) is 0 Å². The van der Waals surface area contributed by atoms with Gasteiger partial charge in [0.05, 0.1) is 24.4 Å². The molecule has 0 aromatic rings. The van der Waals surface area contributed by atoms with Crippen molar-refractivity contribution in [3.63, 3.8) is 0 Å². The molecule has 1 fully saturated rings. The average molecular weight is 363 g/mol. The minimum Gasteiger partial charge on any atom is -0.391 e. The molecule has 2 N–H and O–H groups in total. The number of aldehydes is 1. The second-order valence-electron chi connectivity index (χ2n) is 6.75. The molecule has 152 valence electrons. The molecule has 0 aliphatic carbocycles. The van der Waals surface area contributed by atoms with E-state index in [1.165, 1.54) is 32.1 Å². The maximum atomic E-state index is 9.68. The highest BCUT2D eigenvalue weighted by Gasteiger charge is 2.28. The van der Waals surface area contributed by atoms with Crippen LogP contribution in [-0.2, 0) is 14.3 Å². The van der Waals surface area contributed by atoms with Gasteiger partial charge in [-0.05, 0) is 47.0 Å². The van der Waals surface area contributed by atoms with Gasteiger partial charge >= 0.3 is 0 Å². The van der Waals surface area contributed by atoms with E-state index >= 15 is 0 Å². The molecule has 1 heterocycles. The lowest BCUT2D eigenvalue weighted by atomic mass is 10.2. The molecule has 25 heavy (non-hydrogen) atoms. The van der Waals surface area contributed by atoms with Crippen LogP contribution in [0.3, 0.4) is 0 Å². The molecular weight excluding hydrogens is 320 g/mol. The summed E-state index contributed by atoms with van der Waals surface area (Å²) in [7, 11) is 0. The Labute approximate surface area is 155 Å². The highest BCUT2D eigenvalue weighted by atomic mass is 16.7. The lowest BCUT2D eigenvalue weighted by Gasteiger charge is -2.08. The highest BCUT2D eigenvalue weighted by molar-refractivity contribution is 5.48. The van der Waals surface area contributed by atoms with E-state index < -0.39 is 12.2 Å². The fraction of sp³-hybridized carbons (Fsp3) is 0.950. The maximum Gasteiger partial charge on any atom is 0.158 e. The molecule has 4 atom stereocenters. The van der Waals surface area contributed by atoms with Crippen LogP contribution < -0.4 is 0 Å². The zero-order chi connectivity index (χ0) is 19.7. The third-order valence-electron chi connectivity index (χ3n) is 4.06. The van der Waals surface area contributed by atoms with E-state index in [9.17, 15) is 4.79 Å². The molecule has 0 amide bonds. The second-order valence-corrected chi connectivity index (χ2v) is 6.75. The Balaban J connectivity index is 0. The van der Waals surface area contributed by atoms with Crippen LogP contribution in [0.2, 0.25) is 0 Å². The summed E-state index contributed by atoms with van der Waals surface area (Å²) in [5, 5.41) is 16.8. The summed E-state index contributed by atoms with van der Waals surface area (Å²) in [6.45, 7) is 11.6. The molecule has 5 nitrogen and oxygen atoms in total. The fourth-order valence-electron chi connectivity index (χ4n) is 1.91. The predicted octanol–water partition coefficient (Wildman–Crippen LogP) is 4.23. The average Bonchev–Trinajstić information content (AvgIpc) is 2.87. The van der Waals surface area contributed by atoms with Crippen LogP contribution in [0.5, 0.6) is 0 Å².